The Kier molecular flexibility index (Phi) is 4.85. The molecule has 1 N–H and O–H groups in total. The lowest BCUT2D eigenvalue weighted by Crippen LogP contribution is -2.13. The fraction of sp³-hybridized carbons (Fsp3) is 0.333. The molecule has 1 aromatic carbocycles. The van der Waals surface area contributed by atoms with Gasteiger partial charge in [-0.2, -0.15) is 13.2 Å². The van der Waals surface area contributed by atoms with Crippen LogP contribution in [-0.2, 0) is 12.6 Å². The SMILES string of the molecule is CCCCc1oncc1C(=O)Nc1ccc(C(F)(F)F)cc1. The first kappa shape index (κ1) is 16.1. The van der Waals surface area contributed by atoms with Crippen LogP contribution in [0.5, 0.6) is 0 Å². The van der Waals surface area contributed by atoms with Gasteiger partial charge in [0.2, 0.25) is 0 Å². The number of nitrogens with zero attached hydrogens (tertiary/aromatic N) is 1. The van der Waals surface area contributed by atoms with Crippen molar-refractivity contribution in [2.75, 3.05) is 5.32 Å². The van der Waals surface area contributed by atoms with Crippen LogP contribution in [0.1, 0.15) is 41.4 Å². The molecular weight excluding hydrogens is 297 g/mol. The van der Waals surface area contributed by atoms with Gasteiger partial charge in [-0.25, -0.2) is 0 Å². The molecule has 0 aliphatic rings. The predicted molar refractivity (Wildman–Crippen MR) is 74.5 cm³/mol. The van der Waals surface area contributed by atoms with Gasteiger partial charge in [-0.1, -0.05) is 18.5 Å². The maximum absolute atomic E-state index is 12.5. The van der Waals surface area contributed by atoms with Crippen molar-refractivity contribution in [1.82, 2.24) is 5.16 Å². The average molecular weight is 312 g/mol. The lowest BCUT2D eigenvalue weighted by atomic mass is 10.1. The molecule has 118 valence electrons. The van der Waals surface area contributed by atoms with Crippen molar-refractivity contribution in [3.8, 4) is 0 Å². The number of halogens is 3. The molecule has 0 radical (unpaired) electrons. The van der Waals surface area contributed by atoms with Gasteiger partial charge in [-0.15, -0.1) is 0 Å². The van der Waals surface area contributed by atoms with Gasteiger partial charge in [0, 0.05) is 12.1 Å². The average Bonchev–Trinajstić information content (AvgIpc) is 2.93. The summed E-state index contributed by atoms with van der Waals surface area (Å²) in [6, 6.07) is 4.25. The number of carbonyl (C=O) groups is 1. The smallest absolute Gasteiger partial charge is 0.361 e. The number of hydrogen-bond donors (Lipinski definition) is 1. The number of anilines is 1. The number of carbonyl (C=O) groups excluding carboxylic acids is 1. The molecule has 22 heavy (non-hydrogen) atoms. The third-order valence-electron chi connectivity index (χ3n) is 3.12. The number of aromatic nitrogens is 1. The molecule has 4 nitrogen and oxygen atoms in total. The minimum atomic E-state index is -4.40. The van der Waals surface area contributed by atoms with Crippen LogP contribution in [-0.4, -0.2) is 11.1 Å². The summed E-state index contributed by atoms with van der Waals surface area (Å²) in [5, 5.41) is 6.13. The van der Waals surface area contributed by atoms with E-state index in [0.29, 0.717) is 17.7 Å². The van der Waals surface area contributed by atoms with E-state index in [-0.39, 0.29) is 5.69 Å². The summed E-state index contributed by atoms with van der Waals surface area (Å²) in [4.78, 5) is 12.1. The second-order valence-electron chi connectivity index (χ2n) is 4.80. The molecule has 0 saturated carbocycles. The third kappa shape index (κ3) is 3.87. The Balaban J connectivity index is 2.07. The zero-order valence-electron chi connectivity index (χ0n) is 11.9. The quantitative estimate of drug-likeness (QED) is 0.896. The minimum Gasteiger partial charge on any atom is -0.361 e. The predicted octanol–water partition coefficient (Wildman–Crippen LogP) is 4.29. The van der Waals surface area contributed by atoms with Crippen molar-refractivity contribution in [3.63, 3.8) is 0 Å². The van der Waals surface area contributed by atoms with Crippen LogP contribution in [0.15, 0.2) is 35.0 Å². The Morgan fingerprint density at radius 2 is 1.95 bits per heavy atom. The van der Waals surface area contributed by atoms with E-state index in [1.165, 1.54) is 18.3 Å². The largest absolute Gasteiger partial charge is 0.416 e. The van der Waals surface area contributed by atoms with Gasteiger partial charge in [-0.05, 0) is 30.7 Å². The molecule has 7 heteroatoms. The lowest BCUT2D eigenvalue weighted by molar-refractivity contribution is -0.137. The molecule has 1 amide bonds. The molecule has 2 aromatic rings. The van der Waals surface area contributed by atoms with E-state index in [9.17, 15) is 18.0 Å². The first-order chi connectivity index (χ1) is 10.4. The van der Waals surface area contributed by atoms with Gasteiger partial charge in [0.15, 0.2) is 0 Å². The minimum absolute atomic E-state index is 0.278. The molecule has 1 aromatic heterocycles. The summed E-state index contributed by atoms with van der Waals surface area (Å²) < 4.78 is 42.4. The number of nitrogens with one attached hydrogen (secondary N) is 1. The number of alkyl halides is 3. The van der Waals surface area contributed by atoms with Crippen molar-refractivity contribution in [3.05, 3.63) is 47.3 Å². The highest BCUT2D eigenvalue weighted by Crippen LogP contribution is 2.29. The second kappa shape index (κ2) is 6.64. The van der Waals surface area contributed by atoms with Crippen molar-refractivity contribution < 1.29 is 22.5 Å². The molecule has 0 atom stereocenters. The number of benzene rings is 1. The van der Waals surface area contributed by atoms with Crippen LogP contribution in [0.4, 0.5) is 18.9 Å². The molecule has 0 unspecified atom stereocenters. The topological polar surface area (TPSA) is 55.1 Å². The molecule has 2 rings (SSSR count). The first-order valence-electron chi connectivity index (χ1n) is 6.84. The summed E-state index contributed by atoms with van der Waals surface area (Å²) >= 11 is 0. The normalized spacial score (nSPS) is 11.5. The molecule has 0 bridgehead atoms. The maximum atomic E-state index is 12.5. The Labute approximate surface area is 125 Å². The summed E-state index contributed by atoms with van der Waals surface area (Å²) in [6.45, 7) is 2.01. The van der Waals surface area contributed by atoms with Crippen LogP contribution in [0.3, 0.4) is 0 Å². The Morgan fingerprint density at radius 3 is 2.55 bits per heavy atom. The van der Waals surface area contributed by atoms with Crippen LogP contribution >= 0.6 is 0 Å². The highest BCUT2D eigenvalue weighted by Gasteiger charge is 2.30. The van der Waals surface area contributed by atoms with E-state index < -0.39 is 17.6 Å². The van der Waals surface area contributed by atoms with E-state index in [1.54, 1.807) is 0 Å². The number of rotatable bonds is 5. The standard InChI is InChI=1S/C15H15F3N2O2/c1-2-3-4-13-12(9-19-22-13)14(21)20-11-7-5-10(6-8-11)15(16,17)18/h5-9H,2-4H2,1H3,(H,20,21). The summed E-state index contributed by atoms with van der Waals surface area (Å²) in [6.07, 6.45) is -0.697. The van der Waals surface area contributed by atoms with Crippen molar-refractivity contribution in [1.29, 1.82) is 0 Å². The Morgan fingerprint density at radius 1 is 1.27 bits per heavy atom. The highest BCUT2D eigenvalue weighted by molar-refractivity contribution is 6.04. The van der Waals surface area contributed by atoms with E-state index in [1.807, 2.05) is 6.92 Å². The number of amides is 1. The van der Waals surface area contributed by atoms with E-state index in [0.717, 1.165) is 25.0 Å². The Hall–Kier alpha value is -2.31. The van der Waals surface area contributed by atoms with E-state index in [4.69, 9.17) is 4.52 Å². The fourth-order valence-electron chi connectivity index (χ4n) is 1.91. The monoisotopic (exact) mass is 312 g/mol. The molecule has 0 saturated heterocycles. The molecule has 0 aliphatic heterocycles. The molecule has 0 fully saturated rings. The fourth-order valence-corrected chi connectivity index (χ4v) is 1.91. The molecule has 0 aliphatic carbocycles. The van der Waals surface area contributed by atoms with Gasteiger partial charge in [0.25, 0.3) is 5.91 Å². The lowest BCUT2D eigenvalue weighted by Gasteiger charge is -2.08. The van der Waals surface area contributed by atoms with Crippen LogP contribution in [0.25, 0.3) is 0 Å². The number of aryl methyl sites for hydroxylation is 1. The van der Waals surface area contributed by atoms with Crippen molar-refractivity contribution in [2.45, 2.75) is 32.4 Å². The van der Waals surface area contributed by atoms with Gasteiger partial charge < -0.3 is 9.84 Å². The second-order valence-corrected chi connectivity index (χ2v) is 4.80. The van der Waals surface area contributed by atoms with E-state index >= 15 is 0 Å². The van der Waals surface area contributed by atoms with Crippen molar-refractivity contribution in [2.24, 2.45) is 0 Å². The van der Waals surface area contributed by atoms with E-state index in [2.05, 4.69) is 10.5 Å². The van der Waals surface area contributed by atoms with Gasteiger partial charge in [-0.3, -0.25) is 4.79 Å². The first-order valence-corrected chi connectivity index (χ1v) is 6.84. The van der Waals surface area contributed by atoms with Crippen LogP contribution < -0.4 is 5.32 Å². The summed E-state index contributed by atoms with van der Waals surface area (Å²) in [7, 11) is 0. The van der Waals surface area contributed by atoms with Crippen LogP contribution in [0.2, 0.25) is 0 Å². The van der Waals surface area contributed by atoms with Gasteiger partial charge >= 0.3 is 6.18 Å². The third-order valence-corrected chi connectivity index (χ3v) is 3.12. The highest BCUT2D eigenvalue weighted by atomic mass is 19.4. The Bertz CT molecular complexity index is 633. The summed E-state index contributed by atoms with van der Waals surface area (Å²) in [5.41, 5.74) is -0.187. The number of hydrogen-bond acceptors (Lipinski definition) is 3. The zero-order chi connectivity index (χ0) is 16.2. The maximum Gasteiger partial charge on any atom is 0.416 e. The summed E-state index contributed by atoms with van der Waals surface area (Å²) in [5.74, 6) is 0.0263. The molecule has 1 heterocycles. The zero-order valence-corrected chi connectivity index (χ0v) is 11.9. The number of unbranched alkanes of at least 4 members (excludes halogenated alkanes) is 1. The van der Waals surface area contributed by atoms with Crippen molar-refractivity contribution >= 4 is 11.6 Å². The molecule has 0 spiro atoms. The molecular formula is C15H15F3N2O2. The van der Waals surface area contributed by atoms with Gasteiger partial charge in [0.05, 0.1) is 11.8 Å². The van der Waals surface area contributed by atoms with Gasteiger partial charge in [0.1, 0.15) is 11.3 Å². The van der Waals surface area contributed by atoms with Crippen LogP contribution in [0, 0.1) is 0 Å².